The zero-order chi connectivity index (χ0) is 17.1. The van der Waals surface area contributed by atoms with Crippen molar-refractivity contribution >= 4 is 17.5 Å². The Morgan fingerprint density at radius 1 is 1.50 bits per heavy atom. The second-order valence-corrected chi connectivity index (χ2v) is 5.49. The third-order valence-electron chi connectivity index (χ3n) is 2.80. The van der Waals surface area contributed by atoms with Crippen molar-refractivity contribution in [3.05, 3.63) is 24.2 Å². The summed E-state index contributed by atoms with van der Waals surface area (Å²) in [7, 11) is 1.27. The summed E-state index contributed by atoms with van der Waals surface area (Å²) in [6.45, 7) is 10.9. The van der Waals surface area contributed by atoms with Gasteiger partial charge in [-0.25, -0.2) is 14.2 Å². The minimum absolute atomic E-state index is 0.0525. The number of carboxylic acid groups (broad SMARTS) is 1. The van der Waals surface area contributed by atoms with E-state index in [1.165, 1.54) is 7.11 Å². The quantitative estimate of drug-likeness (QED) is 0.842. The first kappa shape index (κ1) is 17.7. The number of hydrogen-bond donors (Lipinski definition) is 1. The zero-order valence-electron chi connectivity index (χ0n) is 13.4. The highest BCUT2D eigenvalue weighted by atomic mass is 19.1. The molecule has 0 fully saturated rings. The number of ether oxygens (including phenoxy) is 2. The molecule has 0 bridgehead atoms. The molecule has 0 saturated heterocycles. The van der Waals surface area contributed by atoms with Crippen molar-refractivity contribution in [3.8, 4) is 5.88 Å². The number of aromatic nitrogens is 1. The van der Waals surface area contributed by atoms with Gasteiger partial charge in [0.1, 0.15) is 11.5 Å². The lowest BCUT2D eigenvalue weighted by atomic mass is 10.0. The molecule has 1 amide bonds. The van der Waals surface area contributed by atoms with Crippen LogP contribution in [-0.4, -0.2) is 35.4 Å². The van der Waals surface area contributed by atoms with Crippen LogP contribution in [-0.2, 0) is 4.74 Å². The van der Waals surface area contributed by atoms with Crippen molar-refractivity contribution in [3.63, 3.8) is 0 Å². The van der Waals surface area contributed by atoms with Gasteiger partial charge in [0.15, 0.2) is 5.82 Å². The minimum atomic E-state index is -1.23. The van der Waals surface area contributed by atoms with Crippen molar-refractivity contribution in [2.75, 3.05) is 18.6 Å². The Labute approximate surface area is 129 Å². The van der Waals surface area contributed by atoms with E-state index in [1.54, 1.807) is 27.7 Å². The van der Waals surface area contributed by atoms with Gasteiger partial charge in [0.05, 0.1) is 19.4 Å². The molecular weight excluding hydrogens is 291 g/mol. The molecule has 0 saturated carbocycles. The lowest BCUT2D eigenvalue weighted by Crippen LogP contribution is -2.45. The second kappa shape index (κ2) is 6.64. The van der Waals surface area contributed by atoms with Gasteiger partial charge in [-0.1, -0.05) is 6.58 Å². The number of amides is 1. The largest absolute Gasteiger partial charge is 0.492 e. The van der Waals surface area contributed by atoms with Gasteiger partial charge in [-0.2, -0.15) is 0 Å². The maximum absolute atomic E-state index is 14.0. The van der Waals surface area contributed by atoms with Gasteiger partial charge < -0.3 is 14.6 Å². The van der Waals surface area contributed by atoms with E-state index in [2.05, 4.69) is 11.6 Å². The van der Waals surface area contributed by atoms with Gasteiger partial charge in [-0.05, 0) is 27.7 Å². The molecule has 1 rings (SSSR count). The predicted octanol–water partition coefficient (Wildman–Crippen LogP) is 3.52. The molecule has 0 aliphatic carbocycles. The molecule has 0 aliphatic heterocycles. The lowest BCUT2D eigenvalue weighted by Gasteiger charge is -2.34. The van der Waals surface area contributed by atoms with Gasteiger partial charge >= 0.3 is 6.09 Å². The van der Waals surface area contributed by atoms with E-state index < -0.39 is 17.4 Å². The van der Waals surface area contributed by atoms with E-state index in [4.69, 9.17) is 9.47 Å². The summed E-state index contributed by atoms with van der Waals surface area (Å²) in [4.78, 5) is 16.6. The van der Waals surface area contributed by atoms with Gasteiger partial charge in [-0.15, -0.1) is 0 Å². The van der Waals surface area contributed by atoms with Crippen molar-refractivity contribution in [2.24, 2.45) is 0 Å². The first-order valence-corrected chi connectivity index (χ1v) is 6.73. The van der Waals surface area contributed by atoms with Gasteiger partial charge in [-0.3, -0.25) is 4.90 Å². The van der Waals surface area contributed by atoms with Crippen LogP contribution in [0.1, 0.15) is 33.4 Å². The molecule has 0 aromatic carbocycles. The average Bonchev–Trinajstić information content (AvgIpc) is 2.37. The van der Waals surface area contributed by atoms with E-state index >= 15 is 0 Å². The van der Waals surface area contributed by atoms with E-state index in [-0.39, 0.29) is 23.0 Å². The van der Waals surface area contributed by atoms with Gasteiger partial charge in [0, 0.05) is 11.6 Å². The number of carbonyl (C=O) groups is 1. The summed E-state index contributed by atoms with van der Waals surface area (Å²) in [6, 6.07) is 1.06. The van der Waals surface area contributed by atoms with Crippen LogP contribution < -0.4 is 9.64 Å². The minimum Gasteiger partial charge on any atom is -0.492 e. The van der Waals surface area contributed by atoms with Crippen molar-refractivity contribution < 1.29 is 23.8 Å². The molecule has 7 heteroatoms. The Morgan fingerprint density at radius 3 is 2.50 bits per heavy atom. The van der Waals surface area contributed by atoms with Crippen LogP contribution in [0.25, 0.3) is 5.76 Å². The van der Waals surface area contributed by atoms with E-state index in [0.717, 1.165) is 11.0 Å². The number of anilines is 1. The lowest BCUT2D eigenvalue weighted by molar-refractivity contribution is 0.195. The Balaban J connectivity index is 3.59. The highest BCUT2D eigenvalue weighted by Gasteiger charge is 2.32. The highest BCUT2D eigenvalue weighted by molar-refractivity contribution is 5.91. The molecule has 0 unspecified atom stereocenters. The number of hydrogen-bond acceptors (Lipinski definition) is 4. The number of methoxy groups -OCH3 is 1. The van der Waals surface area contributed by atoms with Crippen molar-refractivity contribution in [1.82, 2.24) is 4.98 Å². The molecular formula is C15H21FN2O4. The first-order valence-electron chi connectivity index (χ1n) is 6.73. The summed E-state index contributed by atoms with van der Waals surface area (Å²) in [6.07, 6.45) is -1.23. The molecule has 1 aromatic rings. The van der Waals surface area contributed by atoms with Crippen LogP contribution in [0, 0.1) is 5.82 Å². The number of nitrogens with zero attached hydrogens (tertiary/aromatic N) is 2. The number of halogens is 1. The summed E-state index contributed by atoms with van der Waals surface area (Å²) >= 11 is 0. The number of rotatable bonds is 5. The SMILES string of the molecule is C=C(OCC)c1nc(OC)c(F)cc1N(C(=O)O)C(C)(C)C. The first-order chi connectivity index (χ1) is 10.1. The van der Waals surface area contributed by atoms with Crippen LogP contribution in [0.3, 0.4) is 0 Å². The van der Waals surface area contributed by atoms with Crippen LogP contribution in [0.15, 0.2) is 12.6 Å². The third kappa shape index (κ3) is 3.66. The zero-order valence-corrected chi connectivity index (χ0v) is 13.4. The summed E-state index contributed by atoms with van der Waals surface area (Å²) < 4.78 is 24.2. The second-order valence-electron chi connectivity index (χ2n) is 5.49. The molecule has 0 radical (unpaired) electrons. The molecule has 0 atom stereocenters. The molecule has 1 heterocycles. The maximum Gasteiger partial charge on any atom is 0.412 e. The molecule has 0 spiro atoms. The van der Waals surface area contributed by atoms with E-state index in [9.17, 15) is 14.3 Å². The maximum atomic E-state index is 14.0. The molecule has 1 aromatic heterocycles. The Hall–Kier alpha value is -2.31. The molecule has 0 aliphatic rings. The Kier molecular flexibility index (Phi) is 5.35. The topological polar surface area (TPSA) is 71.9 Å². The van der Waals surface area contributed by atoms with Crippen molar-refractivity contribution in [1.29, 1.82) is 0 Å². The normalized spacial score (nSPS) is 11.0. The van der Waals surface area contributed by atoms with E-state index in [0.29, 0.717) is 6.61 Å². The van der Waals surface area contributed by atoms with Gasteiger partial charge in [0.25, 0.3) is 5.88 Å². The summed E-state index contributed by atoms with van der Waals surface area (Å²) in [5, 5.41) is 9.49. The van der Waals surface area contributed by atoms with Crippen LogP contribution in [0.2, 0.25) is 0 Å². The highest BCUT2D eigenvalue weighted by Crippen LogP contribution is 2.34. The third-order valence-corrected chi connectivity index (χ3v) is 2.80. The number of pyridine rings is 1. The monoisotopic (exact) mass is 312 g/mol. The molecule has 1 N–H and O–H groups in total. The Morgan fingerprint density at radius 2 is 2.09 bits per heavy atom. The fourth-order valence-electron chi connectivity index (χ4n) is 1.98. The fraction of sp³-hybridized carbons (Fsp3) is 0.467. The average molecular weight is 312 g/mol. The fourth-order valence-corrected chi connectivity index (χ4v) is 1.98. The summed E-state index contributed by atoms with van der Waals surface area (Å²) in [5.74, 6) is -0.869. The van der Waals surface area contributed by atoms with Crippen molar-refractivity contribution in [2.45, 2.75) is 33.2 Å². The van der Waals surface area contributed by atoms with Gasteiger partial charge in [0.2, 0.25) is 0 Å². The Bertz CT molecular complexity index is 582. The molecule has 122 valence electrons. The molecule has 22 heavy (non-hydrogen) atoms. The summed E-state index contributed by atoms with van der Waals surface area (Å²) in [5.41, 5.74) is -0.635. The van der Waals surface area contributed by atoms with Crippen LogP contribution >= 0.6 is 0 Å². The van der Waals surface area contributed by atoms with E-state index in [1.807, 2.05) is 0 Å². The standard InChI is InChI=1S/C15H21FN2O4/c1-7-22-9(2)12-11(8-10(16)13(17-12)21-6)18(14(19)20)15(3,4)5/h8H,2,7H2,1,3-6H3,(H,19,20). The molecule has 6 nitrogen and oxygen atoms in total. The van der Waals surface area contributed by atoms with Crippen LogP contribution in [0.5, 0.6) is 5.88 Å². The predicted molar refractivity (Wildman–Crippen MR) is 81.7 cm³/mol. The van der Waals surface area contributed by atoms with Crippen LogP contribution in [0.4, 0.5) is 14.9 Å². The smallest absolute Gasteiger partial charge is 0.412 e.